The Hall–Kier alpha value is -1.40. The first-order valence-corrected chi connectivity index (χ1v) is 10.0. The number of anilines is 1. The quantitative estimate of drug-likeness (QED) is 0.833. The zero-order valence-corrected chi connectivity index (χ0v) is 16.2. The van der Waals surface area contributed by atoms with Crippen LogP contribution in [0.25, 0.3) is 0 Å². The van der Waals surface area contributed by atoms with E-state index in [2.05, 4.69) is 24.1 Å². The third kappa shape index (κ3) is 4.23. The molecule has 0 saturated carbocycles. The molecule has 3 rings (SSSR count). The Kier molecular flexibility index (Phi) is 5.79. The van der Waals surface area contributed by atoms with Gasteiger partial charge in [0.25, 0.3) is 0 Å². The summed E-state index contributed by atoms with van der Waals surface area (Å²) in [6.45, 7) is 6.83. The van der Waals surface area contributed by atoms with Gasteiger partial charge in [-0.2, -0.15) is 0 Å². The van der Waals surface area contributed by atoms with Gasteiger partial charge in [0.1, 0.15) is 5.00 Å². The lowest BCUT2D eigenvalue weighted by molar-refractivity contribution is -0.117. The molecule has 1 saturated heterocycles. The number of carbonyl (C=O) groups excluding carboxylic acids is 2. The molecule has 0 spiro atoms. The van der Waals surface area contributed by atoms with Crippen molar-refractivity contribution in [3.8, 4) is 0 Å². The van der Waals surface area contributed by atoms with E-state index >= 15 is 0 Å². The standard InChI is InChI=1S/C19H28N2O3S/c1-12-6-8-21(9-7-12)11-16(22)20-18-17(19(23)24-3)14-5-4-13(2)10-15(14)25-18/h12-13H,4-11H2,1-3H3,(H,20,22)/t13-/m0/s1. The highest BCUT2D eigenvalue weighted by Gasteiger charge is 2.29. The van der Waals surface area contributed by atoms with Gasteiger partial charge in [-0.1, -0.05) is 13.8 Å². The molecule has 25 heavy (non-hydrogen) atoms. The summed E-state index contributed by atoms with van der Waals surface area (Å²) in [4.78, 5) is 28.2. The molecule has 2 heterocycles. The summed E-state index contributed by atoms with van der Waals surface area (Å²) in [5.41, 5.74) is 1.66. The lowest BCUT2D eigenvalue weighted by Crippen LogP contribution is -2.38. The second-order valence-corrected chi connectivity index (χ2v) is 8.66. The number of fused-ring (bicyclic) bond motifs is 1. The summed E-state index contributed by atoms with van der Waals surface area (Å²) in [5, 5.41) is 3.66. The summed E-state index contributed by atoms with van der Waals surface area (Å²) < 4.78 is 4.98. The van der Waals surface area contributed by atoms with E-state index in [-0.39, 0.29) is 11.9 Å². The molecular weight excluding hydrogens is 336 g/mol. The van der Waals surface area contributed by atoms with E-state index in [0.29, 0.717) is 23.0 Å². The number of hydrogen-bond donors (Lipinski definition) is 1. The summed E-state index contributed by atoms with van der Waals surface area (Å²) in [7, 11) is 1.40. The van der Waals surface area contributed by atoms with E-state index in [1.807, 2.05) is 0 Å². The number of carbonyl (C=O) groups is 2. The zero-order chi connectivity index (χ0) is 18.0. The molecule has 0 radical (unpaired) electrons. The van der Waals surface area contributed by atoms with Crippen molar-refractivity contribution in [1.29, 1.82) is 0 Å². The number of esters is 1. The van der Waals surface area contributed by atoms with Crippen molar-refractivity contribution in [2.24, 2.45) is 11.8 Å². The van der Waals surface area contributed by atoms with Crippen LogP contribution in [0.15, 0.2) is 0 Å². The van der Waals surface area contributed by atoms with E-state index in [9.17, 15) is 9.59 Å². The highest BCUT2D eigenvalue weighted by molar-refractivity contribution is 7.17. The number of rotatable bonds is 4. The molecular formula is C19H28N2O3S. The van der Waals surface area contributed by atoms with Crippen molar-refractivity contribution >= 4 is 28.2 Å². The van der Waals surface area contributed by atoms with Crippen molar-refractivity contribution in [1.82, 2.24) is 4.90 Å². The van der Waals surface area contributed by atoms with Crippen LogP contribution >= 0.6 is 11.3 Å². The number of amides is 1. The molecule has 0 unspecified atom stereocenters. The Morgan fingerprint density at radius 1 is 1.20 bits per heavy atom. The molecule has 1 fully saturated rings. The van der Waals surface area contributed by atoms with Crippen LogP contribution in [0, 0.1) is 11.8 Å². The van der Waals surface area contributed by atoms with Crippen LogP contribution in [-0.2, 0) is 22.4 Å². The fourth-order valence-corrected chi connectivity index (χ4v) is 5.16. The number of ether oxygens (including phenoxy) is 1. The van der Waals surface area contributed by atoms with Crippen LogP contribution in [0.4, 0.5) is 5.00 Å². The van der Waals surface area contributed by atoms with E-state index in [1.54, 1.807) is 11.3 Å². The highest BCUT2D eigenvalue weighted by Crippen LogP contribution is 2.40. The number of thiophene rings is 1. The zero-order valence-electron chi connectivity index (χ0n) is 15.4. The maximum atomic E-state index is 12.5. The first-order valence-electron chi connectivity index (χ1n) is 9.23. The van der Waals surface area contributed by atoms with Gasteiger partial charge in [-0.05, 0) is 62.6 Å². The molecule has 1 aliphatic heterocycles. The van der Waals surface area contributed by atoms with Crippen molar-refractivity contribution < 1.29 is 14.3 Å². The molecule has 5 nitrogen and oxygen atoms in total. The fourth-order valence-electron chi connectivity index (χ4n) is 3.75. The van der Waals surface area contributed by atoms with Gasteiger partial charge in [0.05, 0.1) is 19.2 Å². The Balaban J connectivity index is 1.73. The molecule has 1 aliphatic carbocycles. The van der Waals surface area contributed by atoms with Crippen LogP contribution in [0.2, 0.25) is 0 Å². The molecule has 1 aromatic heterocycles. The average Bonchev–Trinajstić information content (AvgIpc) is 2.92. The molecule has 6 heteroatoms. The first-order chi connectivity index (χ1) is 12.0. The second kappa shape index (κ2) is 7.87. The number of piperidine rings is 1. The number of hydrogen-bond acceptors (Lipinski definition) is 5. The normalized spacial score (nSPS) is 21.6. The van der Waals surface area contributed by atoms with Crippen LogP contribution in [0.3, 0.4) is 0 Å². The average molecular weight is 365 g/mol. The van der Waals surface area contributed by atoms with E-state index in [0.717, 1.165) is 56.7 Å². The Morgan fingerprint density at radius 2 is 1.92 bits per heavy atom. The van der Waals surface area contributed by atoms with Crippen LogP contribution in [-0.4, -0.2) is 43.5 Å². The lowest BCUT2D eigenvalue weighted by atomic mass is 9.88. The van der Waals surface area contributed by atoms with Crippen LogP contribution < -0.4 is 5.32 Å². The third-order valence-electron chi connectivity index (χ3n) is 5.40. The van der Waals surface area contributed by atoms with Crippen molar-refractivity contribution in [2.75, 3.05) is 32.1 Å². The van der Waals surface area contributed by atoms with Gasteiger partial charge in [-0.15, -0.1) is 11.3 Å². The van der Waals surface area contributed by atoms with E-state index in [4.69, 9.17) is 4.74 Å². The minimum absolute atomic E-state index is 0.0358. The summed E-state index contributed by atoms with van der Waals surface area (Å²) >= 11 is 1.55. The summed E-state index contributed by atoms with van der Waals surface area (Å²) in [5.74, 6) is 0.993. The largest absolute Gasteiger partial charge is 0.465 e. The first kappa shape index (κ1) is 18.4. The van der Waals surface area contributed by atoms with Crippen LogP contribution in [0.1, 0.15) is 53.9 Å². The Bertz CT molecular complexity index is 647. The maximum absolute atomic E-state index is 12.5. The van der Waals surface area contributed by atoms with Gasteiger partial charge >= 0.3 is 5.97 Å². The smallest absolute Gasteiger partial charge is 0.341 e. The van der Waals surface area contributed by atoms with Gasteiger partial charge in [0.2, 0.25) is 5.91 Å². The predicted octanol–water partition coefficient (Wildman–Crippen LogP) is 3.33. The molecule has 1 aromatic rings. The number of likely N-dealkylation sites (tertiary alicyclic amines) is 1. The van der Waals surface area contributed by atoms with Gasteiger partial charge < -0.3 is 10.1 Å². The molecule has 1 amide bonds. The molecule has 2 aliphatic rings. The topological polar surface area (TPSA) is 58.6 Å². The highest BCUT2D eigenvalue weighted by atomic mass is 32.1. The van der Waals surface area contributed by atoms with Gasteiger partial charge in [0, 0.05) is 4.88 Å². The Labute approximate surface area is 153 Å². The number of nitrogens with one attached hydrogen (secondary N) is 1. The lowest BCUT2D eigenvalue weighted by Gasteiger charge is -2.29. The number of nitrogens with zero attached hydrogens (tertiary/aromatic N) is 1. The van der Waals surface area contributed by atoms with Gasteiger partial charge in [0.15, 0.2) is 0 Å². The van der Waals surface area contributed by atoms with Crippen LogP contribution in [0.5, 0.6) is 0 Å². The maximum Gasteiger partial charge on any atom is 0.341 e. The predicted molar refractivity (Wildman–Crippen MR) is 100 cm³/mol. The summed E-state index contributed by atoms with van der Waals surface area (Å²) in [6, 6.07) is 0. The van der Waals surface area contributed by atoms with Crippen molar-refractivity contribution in [3.63, 3.8) is 0 Å². The SMILES string of the molecule is COC(=O)c1c(NC(=O)CN2CCC(C)CC2)sc2c1CC[C@H](C)C2. The Morgan fingerprint density at radius 3 is 2.60 bits per heavy atom. The minimum Gasteiger partial charge on any atom is -0.465 e. The van der Waals surface area contributed by atoms with Crippen molar-refractivity contribution in [2.45, 2.75) is 46.0 Å². The summed E-state index contributed by atoms with van der Waals surface area (Å²) in [6.07, 6.45) is 5.23. The van der Waals surface area contributed by atoms with Gasteiger partial charge in [-0.25, -0.2) is 4.79 Å². The molecule has 1 atom stereocenters. The van der Waals surface area contributed by atoms with Crippen molar-refractivity contribution in [3.05, 3.63) is 16.0 Å². The van der Waals surface area contributed by atoms with Gasteiger partial charge in [-0.3, -0.25) is 9.69 Å². The number of methoxy groups -OCH3 is 1. The minimum atomic E-state index is -0.339. The molecule has 138 valence electrons. The van der Waals surface area contributed by atoms with E-state index in [1.165, 1.54) is 12.0 Å². The monoisotopic (exact) mass is 364 g/mol. The molecule has 1 N–H and O–H groups in total. The second-order valence-electron chi connectivity index (χ2n) is 7.55. The molecule has 0 aromatic carbocycles. The fraction of sp³-hybridized carbons (Fsp3) is 0.684. The van der Waals surface area contributed by atoms with E-state index < -0.39 is 0 Å². The third-order valence-corrected chi connectivity index (χ3v) is 6.57. The molecule has 0 bridgehead atoms.